The van der Waals surface area contributed by atoms with Crippen LogP contribution < -0.4 is 5.32 Å². The van der Waals surface area contributed by atoms with Crippen LogP contribution in [-0.4, -0.2) is 30.9 Å². The molecule has 5 rings (SSSR count). The van der Waals surface area contributed by atoms with E-state index >= 15 is 0 Å². The predicted molar refractivity (Wildman–Crippen MR) is 142 cm³/mol. The number of anilines is 1. The van der Waals surface area contributed by atoms with E-state index in [1.54, 1.807) is 22.7 Å². The van der Waals surface area contributed by atoms with Crippen molar-refractivity contribution in [3.8, 4) is 0 Å². The molecule has 3 heterocycles. The number of allylic oxidation sites excluding steroid dienone is 6. The quantitative estimate of drug-likeness (QED) is 0.341. The Kier molecular flexibility index (Phi) is 6.14. The summed E-state index contributed by atoms with van der Waals surface area (Å²) in [7, 11) is 0. The molecular weight excluding hydrogens is 450 g/mol. The zero-order valence-corrected chi connectivity index (χ0v) is 21.0. The van der Waals surface area contributed by atoms with Gasteiger partial charge >= 0.3 is 0 Å². The van der Waals surface area contributed by atoms with Crippen LogP contribution in [0.5, 0.6) is 0 Å². The Bertz CT molecular complexity index is 1610. The second-order valence-electron chi connectivity index (χ2n) is 9.27. The zero-order valence-electron chi connectivity index (χ0n) is 21.0. The van der Waals surface area contributed by atoms with Crippen molar-refractivity contribution in [2.75, 3.05) is 5.32 Å². The van der Waals surface area contributed by atoms with Crippen molar-refractivity contribution in [3.05, 3.63) is 94.6 Å². The van der Waals surface area contributed by atoms with Gasteiger partial charge in [-0.3, -0.25) is 18.7 Å². The number of ketones is 1. The second-order valence-corrected chi connectivity index (χ2v) is 9.27. The first kappa shape index (κ1) is 23.5. The molecule has 3 aromatic heterocycles. The average molecular weight is 480 g/mol. The molecule has 36 heavy (non-hydrogen) atoms. The fourth-order valence-corrected chi connectivity index (χ4v) is 4.83. The van der Waals surface area contributed by atoms with Crippen LogP contribution in [0.1, 0.15) is 60.2 Å². The number of Topliss-reactive ketones (excluding diaryl/α,β-unsaturated/α-hetero) is 1. The van der Waals surface area contributed by atoms with E-state index in [1.165, 1.54) is 29.8 Å². The number of carbonyl (C=O) groups excluding carboxylic acids is 2. The van der Waals surface area contributed by atoms with Crippen molar-refractivity contribution in [1.29, 1.82) is 0 Å². The van der Waals surface area contributed by atoms with Gasteiger partial charge in [-0.2, -0.15) is 5.10 Å². The molecule has 0 spiro atoms. The molecule has 182 valence electrons. The van der Waals surface area contributed by atoms with Gasteiger partial charge in [0.15, 0.2) is 5.78 Å². The first-order valence-electron chi connectivity index (χ1n) is 12.2. The number of amides is 1. The zero-order chi connectivity index (χ0) is 25.4. The van der Waals surface area contributed by atoms with Crippen molar-refractivity contribution < 1.29 is 9.59 Å². The minimum Gasteiger partial charge on any atom is -0.320 e. The molecule has 7 nitrogen and oxygen atoms in total. The minimum absolute atomic E-state index is 0.0433. The van der Waals surface area contributed by atoms with Crippen molar-refractivity contribution in [1.82, 2.24) is 19.2 Å². The van der Waals surface area contributed by atoms with Crippen molar-refractivity contribution >= 4 is 33.9 Å². The van der Waals surface area contributed by atoms with Crippen LogP contribution in [-0.2, 0) is 6.54 Å². The van der Waals surface area contributed by atoms with Crippen LogP contribution in [0, 0.1) is 6.92 Å². The van der Waals surface area contributed by atoms with Gasteiger partial charge in [-0.25, -0.2) is 4.98 Å². The van der Waals surface area contributed by atoms with E-state index < -0.39 is 0 Å². The maximum Gasteiger partial charge on any atom is 0.274 e. The topological polar surface area (TPSA) is 81.3 Å². The molecule has 1 aliphatic rings. The molecule has 7 heteroatoms. The summed E-state index contributed by atoms with van der Waals surface area (Å²) < 4.78 is 3.71. The molecule has 0 saturated carbocycles. The van der Waals surface area contributed by atoms with Gasteiger partial charge in [-0.15, -0.1) is 0 Å². The summed E-state index contributed by atoms with van der Waals surface area (Å²) in [5.74, 6) is -0.319. The molecule has 4 aromatic rings. The van der Waals surface area contributed by atoms with E-state index in [0.717, 1.165) is 29.4 Å². The summed E-state index contributed by atoms with van der Waals surface area (Å²) in [6, 6.07) is 9.25. The number of pyridine rings is 1. The summed E-state index contributed by atoms with van der Waals surface area (Å²) in [5, 5.41) is 8.82. The maximum atomic E-state index is 13.2. The smallest absolute Gasteiger partial charge is 0.274 e. The molecule has 0 atom stereocenters. The largest absolute Gasteiger partial charge is 0.320 e. The average Bonchev–Trinajstić information content (AvgIpc) is 3.37. The van der Waals surface area contributed by atoms with Crippen LogP contribution in [0.4, 0.5) is 5.69 Å². The first-order chi connectivity index (χ1) is 17.4. The normalized spacial score (nSPS) is 13.8. The predicted octanol–water partition coefficient (Wildman–Crippen LogP) is 6.06. The highest BCUT2D eigenvalue weighted by molar-refractivity contribution is 6.09. The molecule has 1 aromatic carbocycles. The summed E-state index contributed by atoms with van der Waals surface area (Å²) in [4.78, 5) is 29.3. The van der Waals surface area contributed by atoms with E-state index in [0.29, 0.717) is 29.1 Å². The van der Waals surface area contributed by atoms with Crippen LogP contribution >= 0.6 is 0 Å². The number of nitrogens with one attached hydrogen (secondary N) is 1. The van der Waals surface area contributed by atoms with Crippen molar-refractivity contribution in [3.63, 3.8) is 0 Å². The fourth-order valence-electron chi connectivity index (χ4n) is 4.83. The Labute approximate surface area is 209 Å². The second kappa shape index (κ2) is 9.41. The Morgan fingerprint density at radius 1 is 1.17 bits per heavy atom. The molecule has 0 saturated heterocycles. The molecule has 1 aliphatic carbocycles. The number of hydrogen-bond donors (Lipinski definition) is 1. The highest BCUT2D eigenvalue weighted by Gasteiger charge is 2.18. The number of nitrogens with zero attached hydrogens (tertiary/aromatic N) is 4. The standard InChI is InChI=1S/C29H29N5O2/c1-5-21-14-18(2)8-6-9-23(21)17-34-25-11-7-10-24(28(25)19(3)32-34)31-29(36)26-16-30-27-15-22(20(4)35)12-13-33(26)27/h6-13,15-16H,5,14,17H2,1-4H3,(H,31,36). The van der Waals surface area contributed by atoms with E-state index in [1.807, 2.05) is 29.8 Å². The van der Waals surface area contributed by atoms with Crippen molar-refractivity contribution in [2.45, 2.75) is 47.1 Å². The molecule has 1 N–H and O–H groups in total. The minimum atomic E-state index is -0.276. The first-order valence-corrected chi connectivity index (χ1v) is 12.2. The highest BCUT2D eigenvalue weighted by Crippen LogP contribution is 2.30. The lowest BCUT2D eigenvalue weighted by Crippen LogP contribution is -2.14. The molecule has 0 bridgehead atoms. The number of aromatic nitrogens is 4. The molecule has 0 unspecified atom stereocenters. The molecule has 0 radical (unpaired) electrons. The van der Waals surface area contributed by atoms with E-state index in [4.69, 9.17) is 5.10 Å². The molecular formula is C29H29N5O2. The number of carbonyl (C=O) groups is 2. The van der Waals surface area contributed by atoms with Gasteiger partial charge in [-0.1, -0.05) is 42.4 Å². The Morgan fingerprint density at radius 3 is 2.78 bits per heavy atom. The molecule has 0 fully saturated rings. The summed E-state index contributed by atoms with van der Waals surface area (Å²) in [6.45, 7) is 8.51. The van der Waals surface area contributed by atoms with Gasteiger partial charge in [0, 0.05) is 17.1 Å². The number of rotatable bonds is 6. The van der Waals surface area contributed by atoms with E-state index in [9.17, 15) is 9.59 Å². The number of hydrogen-bond acceptors (Lipinski definition) is 4. The Hall–Kier alpha value is -4.26. The number of fused-ring (bicyclic) bond motifs is 2. The van der Waals surface area contributed by atoms with Gasteiger partial charge in [0.05, 0.1) is 29.6 Å². The summed E-state index contributed by atoms with van der Waals surface area (Å²) >= 11 is 0. The van der Waals surface area contributed by atoms with Gasteiger partial charge in [0.2, 0.25) is 0 Å². The summed E-state index contributed by atoms with van der Waals surface area (Å²) in [6.07, 6.45) is 11.7. The lowest BCUT2D eigenvalue weighted by molar-refractivity contribution is 0.101. The lowest BCUT2D eigenvalue weighted by atomic mass is 10.00. The maximum absolute atomic E-state index is 13.2. The van der Waals surface area contributed by atoms with E-state index in [-0.39, 0.29) is 11.7 Å². The van der Waals surface area contributed by atoms with Crippen molar-refractivity contribution in [2.24, 2.45) is 0 Å². The Morgan fingerprint density at radius 2 is 2.00 bits per heavy atom. The third kappa shape index (κ3) is 4.28. The van der Waals surface area contributed by atoms with Crippen LogP contribution in [0.25, 0.3) is 16.6 Å². The Balaban J connectivity index is 1.47. The number of aryl methyl sites for hydroxylation is 1. The third-order valence-corrected chi connectivity index (χ3v) is 6.73. The lowest BCUT2D eigenvalue weighted by Gasteiger charge is -2.12. The molecule has 0 aliphatic heterocycles. The van der Waals surface area contributed by atoms with Gasteiger partial charge in [0.1, 0.15) is 11.3 Å². The summed E-state index contributed by atoms with van der Waals surface area (Å²) in [5.41, 5.74) is 8.09. The monoisotopic (exact) mass is 479 g/mol. The van der Waals surface area contributed by atoms with Gasteiger partial charge < -0.3 is 5.32 Å². The van der Waals surface area contributed by atoms with Crippen LogP contribution in [0.15, 0.2) is 77.7 Å². The number of benzene rings is 1. The van der Waals surface area contributed by atoms with E-state index in [2.05, 4.69) is 42.4 Å². The van der Waals surface area contributed by atoms with Crippen LogP contribution in [0.2, 0.25) is 0 Å². The van der Waals surface area contributed by atoms with Crippen LogP contribution in [0.3, 0.4) is 0 Å². The third-order valence-electron chi connectivity index (χ3n) is 6.73. The SMILES string of the molecule is CCC1=C(Cn2nc(C)c3c(NC(=O)c4cnc5cc(C(C)=O)ccn45)cccc32)C=CC=C(C)C1. The fraction of sp³-hybridized carbons (Fsp3) is 0.241. The molecule has 1 amide bonds. The number of imidazole rings is 1. The van der Waals surface area contributed by atoms with Gasteiger partial charge in [0.25, 0.3) is 5.91 Å². The van der Waals surface area contributed by atoms with Gasteiger partial charge in [-0.05, 0) is 63.5 Å². The highest BCUT2D eigenvalue weighted by atomic mass is 16.2.